The lowest BCUT2D eigenvalue weighted by atomic mass is 10.1. The zero-order valence-corrected chi connectivity index (χ0v) is 15.7. The van der Waals surface area contributed by atoms with Gasteiger partial charge in [-0.05, 0) is 38.0 Å². The molecule has 1 aromatic carbocycles. The molecule has 1 N–H and O–H groups in total. The number of nitrogens with one attached hydrogen (secondary N) is 1. The SMILES string of the molecule is CN=C(NCCc1cccc(OC)c1)N1CCS(=O)(=O)C(C)(C)C1. The Bertz CT molecular complexity index is 699. The van der Waals surface area contributed by atoms with E-state index >= 15 is 0 Å². The molecule has 0 aromatic heterocycles. The average Bonchev–Trinajstić information content (AvgIpc) is 2.54. The van der Waals surface area contributed by atoms with Crippen LogP contribution in [0, 0.1) is 0 Å². The minimum absolute atomic E-state index is 0.163. The highest BCUT2D eigenvalue weighted by Crippen LogP contribution is 2.23. The van der Waals surface area contributed by atoms with Crippen molar-refractivity contribution < 1.29 is 13.2 Å². The second kappa shape index (κ2) is 7.42. The van der Waals surface area contributed by atoms with E-state index in [1.165, 1.54) is 5.56 Å². The molecule has 0 amide bonds. The van der Waals surface area contributed by atoms with Gasteiger partial charge in [-0.2, -0.15) is 0 Å². The number of hydrogen-bond acceptors (Lipinski definition) is 4. The molecule has 0 bridgehead atoms. The number of ether oxygens (including phenoxy) is 1. The van der Waals surface area contributed by atoms with Crippen molar-refractivity contribution >= 4 is 15.8 Å². The van der Waals surface area contributed by atoms with Crippen LogP contribution in [0.2, 0.25) is 0 Å². The molecule has 1 heterocycles. The van der Waals surface area contributed by atoms with Crippen molar-refractivity contribution in [3.05, 3.63) is 29.8 Å². The molecule has 0 spiro atoms. The smallest absolute Gasteiger partial charge is 0.193 e. The Balaban J connectivity index is 1.93. The van der Waals surface area contributed by atoms with Crippen molar-refractivity contribution in [1.29, 1.82) is 0 Å². The maximum Gasteiger partial charge on any atom is 0.193 e. The van der Waals surface area contributed by atoms with Crippen LogP contribution in [0.1, 0.15) is 19.4 Å². The van der Waals surface area contributed by atoms with Crippen LogP contribution < -0.4 is 10.1 Å². The van der Waals surface area contributed by atoms with E-state index in [-0.39, 0.29) is 5.75 Å². The lowest BCUT2D eigenvalue weighted by Crippen LogP contribution is -2.57. The van der Waals surface area contributed by atoms with Gasteiger partial charge in [-0.25, -0.2) is 8.42 Å². The molecule has 1 aliphatic rings. The Kier molecular flexibility index (Phi) is 5.74. The zero-order valence-electron chi connectivity index (χ0n) is 14.9. The first kappa shape index (κ1) is 18.6. The lowest BCUT2D eigenvalue weighted by molar-refractivity contribution is 0.353. The molecule has 1 aliphatic heterocycles. The molecule has 7 heteroatoms. The largest absolute Gasteiger partial charge is 0.497 e. The van der Waals surface area contributed by atoms with Crippen LogP contribution >= 0.6 is 0 Å². The number of aliphatic imine (C=N–C) groups is 1. The first-order chi connectivity index (χ1) is 11.3. The highest BCUT2D eigenvalue weighted by Gasteiger charge is 2.40. The number of nitrogens with zero attached hydrogens (tertiary/aromatic N) is 2. The summed E-state index contributed by atoms with van der Waals surface area (Å²) in [5, 5.41) is 3.33. The summed E-state index contributed by atoms with van der Waals surface area (Å²) in [4.78, 5) is 6.32. The van der Waals surface area contributed by atoms with Crippen LogP contribution in [-0.4, -0.2) is 63.6 Å². The van der Waals surface area contributed by atoms with Gasteiger partial charge in [-0.15, -0.1) is 0 Å². The van der Waals surface area contributed by atoms with E-state index in [1.54, 1.807) is 28.0 Å². The fourth-order valence-electron chi connectivity index (χ4n) is 2.80. The Morgan fingerprint density at radius 1 is 1.42 bits per heavy atom. The standard InChI is InChI=1S/C17H27N3O3S/c1-17(2)13-20(10-11-24(17,21)22)16(18-3)19-9-8-14-6-5-7-15(12-14)23-4/h5-7,12H,8-11,13H2,1-4H3,(H,18,19). The van der Waals surface area contributed by atoms with E-state index in [1.807, 2.05) is 23.1 Å². The molecule has 1 saturated heterocycles. The summed E-state index contributed by atoms with van der Waals surface area (Å²) in [5.74, 6) is 1.76. The molecule has 0 radical (unpaired) electrons. The Hall–Kier alpha value is -1.76. The lowest BCUT2D eigenvalue weighted by Gasteiger charge is -2.39. The number of benzene rings is 1. The monoisotopic (exact) mass is 353 g/mol. The molecule has 6 nitrogen and oxygen atoms in total. The second-order valence-corrected chi connectivity index (χ2v) is 9.32. The van der Waals surface area contributed by atoms with E-state index in [9.17, 15) is 8.42 Å². The van der Waals surface area contributed by atoms with Crippen LogP contribution in [0.25, 0.3) is 0 Å². The van der Waals surface area contributed by atoms with Crippen molar-refractivity contribution in [2.24, 2.45) is 4.99 Å². The van der Waals surface area contributed by atoms with Gasteiger partial charge in [0, 0.05) is 26.7 Å². The zero-order chi connectivity index (χ0) is 17.8. The van der Waals surface area contributed by atoms with Crippen LogP contribution in [0.5, 0.6) is 5.75 Å². The molecule has 24 heavy (non-hydrogen) atoms. The molecular formula is C17H27N3O3S. The minimum atomic E-state index is -3.05. The topological polar surface area (TPSA) is 71.0 Å². The summed E-state index contributed by atoms with van der Waals surface area (Å²) in [6.45, 7) is 5.21. The van der Waals surface area contributed by atoms with Gasteiger partial charge in [0.05, 0.1) is 17.6 Å². The predicted octanol–water partition coefficient (Wildman–Crippen LogP) is 1.32. The van der Waals surface area contributed by atoms with Gasteiger partial charge in [0.2, 0.25) is 0 Å². The normalized spacial score (nSPS) is 19.8. The van der Waals surface area contributed by atoms with Crippen molar-refractivity contribution in [2.75, 3.05) is 39.5 Å². The van der Waals surface area contributed by atoms with Crippen molar-refractivity contribution in [1.82, 2.24) is 10.2 Å². The molecule has 134 valence electrons. The number of hydrogen-bond donors (Lipinski definition) is 1. The van der Waals surface area contributed by atoms with E-state index in [0.717, 1.165) is 24.7 Å². The molecule has 1 aromatic rings. The minimum Gasteiger partial charge on any atom is -0.497 e. The molecule has 1 fully saturated rings. The maximum absolute atomic E-state index is 12.1. The highest BCUT2D eigenvalue weighted by molar-refractivity contribution is 7.92. The Labute approximate surface area is 144 Å². The van der Waals surface area contributed by atoms with Gasteiger partial charge >= 0.3 is 0 Å². The van der Waals surface area contributed by atoms with Crippen molar-refractivity contribution in [3.63, 3.8) is 0 Å². The summed E-state index contributed by atoms with van der Waals surface area (Å²) in [6.07, 6.45) is 0.839. The molecule has 0 saturated carbocycles. The third kappa shape index (κ3) is 4.20. The first-order valence-corrected chi connectivity index (χ1v) is 9.75. The first-order valence-electron chi connectivity index (χ1n) is 8.10. The summed E-state index contributed by atoms with van der Waals surface area (Å²) in [6, 6.07) is 7.97. The van der Waals surface area contributed by atoms with E-state index in [0.29, 0.717) is 13.1 Å². The van der Waals surface area contributed by atoms with E-state index in [4.69, 9.17) is 4.74 Å². The average molecular weight is 353 g/mol. The third-order valence-electron chi connectivity index (χ3n) is 4.39. The quantitative estimate of drug-likeness (QED) is 0.653. The summed E-state index contributed by atoms with van der Waals surface area (Å²) in [5.41, 5.74) is 1.18. The summed E-state index contributed by atoms with van der Waals surface area (Å²) in [7, 11) is 0.339. The van der Waals surface area contributed by atoms with Crippen molar-refractivity contribution in [2.45, 2.75) is 25.0 Å². The summed E-state index contributed by atoms with van der Waals surface area (Å²) < 4.78 is 28.7. The predicted molar refractivity (Wildman–Crippen MR) is 97.5 cm³/mol. The molecule has 0 unspecified atom stereocenters. The summed E-state index contributed by atoms with van der Waals surface area (Å²) >= 11 is 0. The maximum atomic E-state index is 12.1. The fourth-order valence-corrected chi connectivity index (χ4v) is 4.17. The van der Waals surface area contributed by atoms with Gasteiger partial charge in [0.15, 0.2) is 15.8 Å². The number of rotatable bonds is 4. The van der Waals surface area contributed by atoms with E-state index < -0.39 is 14.6 Å². The fraction of sp³-hybridized carbons (Fsp3) is 0.588. The van der Waals surface area contributed by atoms with Gasteiger partial charge in [-0.3, -0.25) is 4.99 Å². The molecule has 2 rings (SSSR count). The van der Waals surface area contributed by atoms with Gasteiger partial charge in [0.1, 0.15) is 5.75 Å². The van der Waals surface area contributed by atoms with Crippen LogP contribution in [-0.2, 0) is 16.3 Å². The Morgan fingerprint density at radius 2 is 2.17 bits per heavy atom. The number of methoxy groups -OCH3 is 1. The van der Waals surface area contributed by atoms with Crippen LogP contribution in [0.4, 0.5) is 0 Å². The van der Waals surface area contributed by atoms with Crippen LogP contribution in [0.3, 0.4) is 0 Å². The van der Waals surface area contributed by atoms with Crippen molar-refractivity contribution in [3.8, 4) is 5.75 Å². The number of guanidine groups is 1. The van der Waals surface area contributed by atoms with Crippen LogP contribution in [0.15, 0.2) is 29.3 Å². The van der Waals surface area contributed by atoms with E-state index in [2.05, 4.69) is 16.4 Å². The third-order valence-corrected chi connectivity index (χ3v) is 6.92. The number of sulfone groups is 1. The Morgan fingerprint density at radius 3 is 2.79 bits per heavy atom. The van der Waals surface area contributed by atoms with Gasteiger partial charge < -0.3 is 15.0 Å². The molecular weight excluding hydrogens is 326 g/mol. The van der Waals surface area contributed by atoms with Gasteiger partial charge in [-0.1, -0.05) is 12.1 Å². The second-order valence-electron chi connectivity index (χ2n) is 6.58. The highest BCUT2D eigenvalue weighted by atomic mass is 32.2. The molecule has 0 atom stereocenters. The van der Waals surface area contributed by atoms with Gasteiger partial charge in [0.25, 0.3) is 0 Å². The molecule has 0 aliphatic carbocycles.